The number of anilines is 1. The average molecular weight is 441 g/mol. The Hall–Kier alpha value is -3.20. The molecule has 2 N–H and O–H groups in total. The number of carbonyl (C=O) groups is 3. The minimum Gasteiger partial charge on any atom is -0.340 e. The van der Waals surface area contributed by atoms with Crippen LogP contribution in [0.4, 0.5) is 5.82 Å². The summed E-state index contributed by atoms with van der Waals surface area (Å²) in [6.07, 6.45) is 1.67. The molecule has 1 aliphatic rings. The van der Waals surface area contributed by atoms with Crippen LogP contribution in [0.25, 0.3) is 0 Å². The summed E-state index contributed by atoms with van der Waals surface area (Å²) in [6.45, 7) is 8.93. The number of carbonyl (C=O) groups excluding carboxylic acids is 3. The van der Waals surface area contributed by atoms with Gasteiger partial charge in [0.15, 0.2) is 5.82 Å². The van der Waals surface area contributed by atoms with Crippen molar-refractivity contribution >= 4 is 23.5 Å². The molecule has 1 aliphatic heterocycles. The molecule has 0 aliphatic carbocycles. The van der Waals surface area contributed by atoms with E-state index in [2.05, 4.69) is 20.6 Å². The van der Waals surface area contributed by atoms with Gasteiger partial charge in [0.2, 0.25) is 11.8 Å². The molecule has 9 heteroatoms. The third-order valence-electron chi connectivity index (χ3n) is 5.59. The van der Waals surface area contributed by atoms with Gasteiger partial charge in [0.1, 0.15) is 12.6 Å². The van der Waals surface area contributed by atoms with Crippen LogP contribution >= 0.6 is 0 Å². The Bertz CT molecular complexity index is 945. The number of likely N-dealkylation sites (N-methyl/N-ethyl adjacent to an activating group) is 1. The quantitative estimate of drug-likeness (QED) is 0.677. The zero-order valence-electron chi connectivity index (χ0n) is 19.2. The molecule has 2 heterocycles. The third-order valence-corrected chi connectivity index (χ3v) is 5.59. The summed E-state index contributed by atoms with van der Waals surface area (Å²) in [5, 5.41) is 9.86. The molecular formula is C23H32N6O3. The minimum absolute atomic E-state index is 0.00416. The highest BCUT2D eigenvalue weighted by Gasteiger charge is 2.25. The fourth-order valence-corrected chi connectivity index (χ4v) is 3.48. The van der Waals surface area contributed by atoms with Gasteiger partial charge in [-0.1, -0.05) is 31.5 Å². The molecule has 9 nitrogen and oxygen atoms in total. The summed E-state index contributed by atoms with van der Waals surface area (Å²) < 4.78 is 1.52. The molecular weight excluding hydrogens is 408 g/mol. The predicted molar refractivity (Wildman–Crippen MR) is 122 cm³/mol. The van der Waals surface area contributed by atoms with E-state index in [1.807, 2.05) is 44.9 Å². The molecule has 172 valence electrons. The van der Waals surface area contributed by atoms with E-state index in [-0.39, 0.29) is 30.2 Å². The Balaban J connectivity index is 1.57. The van der Waals surface area contributed by atoms with Crippen LogP contribution in [0, 0.1) is 12.8 Å². The molecule has 3 rings (SSSR count). The highest BCUT2D eigenvalue weighted by Crippen LogP contribution is 2.10. The summed E-state index contributed by atoms with van der Waals surface area (Å²) in [4.78, 5) is 41.9. The van der Waals surface area contributed by atoms with Crippen LogP contribution in [0.2, 0.25) is 0 Å². The number of amides is 3. The monoisotopic (exact) mass is 440 g/mol. The minimum atomic E-state index is -0.721. The second-order valence-electron chi connectivity index (χ2n) is 8.63. The summed E-state index contributed by atoms with van der Waals surface area (Å²) in [5.74, 6) is -0.426. The number of nitrogens with one attached hydrogen (secondary N) is 2. The molecule has 1 aromatic carbocycles. The maximum Gasteiger partial charge on any atom is 0.251 e. The van der Waals surface area contributed by atoms with Gasteiger partial charge in [-0.25, -0.2) is 0 Å². The van der Waals surface area contributed by atoms with Crippen molar-refractivity contribution in [3.05, 3.63) is 47.7 Å². The van der Waals surface area contributed by atoms with Crippen molar-refractivity contribution in [1.29, 1.82) is 0 Å². The molecule has 2 aromatic rings. The molecule has 32 heavy (non-hydrogen) atoms. The SMILES string of the molecule is Cc1ccc(C(=O)N[C@H](C(=O)Nc2ccn(CC(=O)N3CCN(C)CC3)n2)C(C)C)cc1. The molecule has 0 saturated carbocycles. The van der Waals surface area contributed by atoms with E-state index in [9.17, 15) is 14.4 Å². The van der Waals surface area contributed by atoms with Gasteiger partial charge in [0.25, 0.3) is 5.91 Å². The number of aryl methyl sites for hydroxylation is 1. The maximum atomic E-state index is 12.8. The Kier molecular flexibility index (Phi) is 7.63. The van der Waals surface area contributed by atoms with Gasteiger partial charge in [0, 0.05) is 44.0 Å². The van der Waals surface area contributed by atoms with Crippen LogP contribution in [0.3, 0.4) is 0 Å². The highest BCUT2D eigenvalue weighted by molar-refractivity contribution is 6.01. The highest BCUT2D eigenvalue weighted by atomic mass is 16.2. The van der Waals surface area contributed by atoms with Crippen LogP contribution in [-0.2, 0) is 16.1 Å². The predicted octanol–water partition coefficient (Wildman–Crippen LogP) is 1.36. The first-order valence-electron chi connectivity index (χ1n) is 10.9. The summed E-state index contributed by atoms with van der Waals surface area (Å²) in [6, 6.07) is 8.11. The van der Waals surface area contributed by atoms with E-state index in [1.165, 1.54) is 4.68 Å². The topological polar surface area (TPSA) is 99.6 Å². The first-order valence-corrected chi connectivity index (χ1v) is 10.9. The number of nitrogens with zero attached hydrogens (tertiary/aromatic N) is 4. The van der Waals surface area contributed by atoms with E-state index < -0.39 is 6.04 Å². The van der Waals surface area contributed by atoms with Crippen molar-refractivity contribution in [2.75, 3.05) is 38.5 Å². The standard InChI is InChI=1S/C23H32N6O3/c1-16(2)21(25-22(31)18-7-5-17(3)6-8-18)23(32)24-19-9-10-29(26-19)15-20(30)28-13-11-27(4)12-14-28/h5-10,16,21H,11-15H2,1-4H3,(H,25,31)(H,24,26,32)/t21-/m0/s1. The smallest absolute Gasteiger partial charge is 0.251 e. The first kappa shape index (κ1) is 23.5. The number of rotatable bonds is 7. The Labute approximate surface area is 188 Å². The second kappa shape index (κ2) is 10.4. The van der Waals surface area contributed by atoms with Crippen molar-refractivity contribution in [3.63, 3.8) is 0 Å². The Morgan fingerprint density at radius 1 is 1.03 bits per heavy atom. The van der Waals surface area contributed by atoms with Crippen LogP contribution in [0.15, 0.2) is 36.5 Å². The number of hydrogen-bond acceptors (Lipinski definition) is 5. The molecule has 1 fully saturated rings. The summed E-state index contributed by atoms with van der Waals surface area (Å²) in [5.41, 5.74) is 1.56. The van der Waals surface area contributed by atoms with Gasteiger partial charge in [0.05, 0.1) is 0 Å². The lowest BCUT2D eigenvalue weighted by atomic mass is 10.0. The van der Waals surface area contributed by atoms with Gasteiger partial charge in [-0.3, -0.25) is 19.1 Å². The zero-order chi connectivity index (χ0) is 23.3. The molecule has 0 bridgehead atoms. The lowest BCUT2D eigenvalue weighted by Crippen LogP contribution is -2.48. The number of piperazine rings is 1. The average Bonchev–Trinajstić information content (AvgIpc) is 3.19. The molecule has 0 unspecified atom stereocenters. The van der Waals surface area contributed by atoms with Crippen molar-refractivity contribution in [3.8, 4) is 0 Å². The van der Waals surface area contributed by atoms with Gasteiger partial charge >= 0.3 is 0 Å². The molecule has 3 amide bonds. The van der Waals surface area contributed by atoms with Crippen LogP contribution in [0.1, 0.15) is 29.8 Å². The van der Waals surface area contributed by atoms with E-state index in [0.29, 0.717) is 24.5 Å². The fourth-order valence-electron chi connectivity index (χ4n) is 3.48. The van der Waals surface area contributed by atoms with Crippen LogP contribution < -0.4 is 10.6 Å². The molecule has 1 saturated heterocycles. The van der Waals surface area contributed by atoms with Crippen molar-refractivity contribution in [1.82, 2.24) is 24.9 Å². The van der Waals surface area contributed by atoms with Crippen LogP contribution in [0.5, 0.6) is 0 Å². The number of aromatic nitrogens is 2. The van der Waals surface area contributed by atoms with Crippen molar-refractivity contribution in [2.45, 2.75) is 33.4 Å². The summed E-state index contributed by atoms with van der Waals surface area (Å²) in [7, 11) is 2.04. The second-order valence-corrected chi connectivity index (χ2v) is 8.63. The Morgan fingerprint density at radius 2 is 1.69 bits per heavy atom. The lowest BCUT2D eigenvalue weighted by Gasteiger charge is -2.32. The van der Waals surface area contributed by atoms with Crippen molar-refractivity contribution in [2.24, 2.45) is 5.92 Å². The Morgan fingerprint density at radius 3 is 2.31 bits per heavy atom. The molecule has 1 atom stereocenters. The molecule has 1 aromatic heterocycles. The molecule has 0 spiro atoms. The van der Waals surface area contributed by atoms with Gasteiger partial charge in [-0.2, -0.15) is 5.10 Å². The molecule has 0 radical (unpaired) electrons. The van der Waals surface area contributed by atoms with Crippen LogP contribution in [-0.4, -0.2) is 76.6 Å². The number of benzene rings is 1. The van der Waals surface area contributed by atoms with Gasteiger partial charge < -0.3 is 20.4 Å². The van der Waals surface area contributed by atoms with Crippen molar-refractivity contribution < 1.29 is 14.4 Å². The third kappa shape index (κ3) is 6.16. The lowest BCUT2D eigenvalue weighted by molar-refractivity contribution is -0.133. The van der Waals surface area contributed by atoms with E-state index in [1.54, 1.807) is 24.4 Å². The fraction of sp³-hybridized carbons (Fsp3) is 0.478. The largest absolute Gasteiger partial charge is 0.340 e. The first-order chi connectivity index (χ1) is 15.2. The normalized spacial score (nSPS) is 15.5. The van der Waals surface area contributed by atoms with Gasteiger partial charge in [-0.05, 0) is 32.0 Å². The number of hydrogen-bond donors (Lipinski definition) is 2. The summed E-state index contributed by atoms with van der Waals surface area (Å²) >= 11 is 0. The van der Waals surface area contributed by atoms with E-state index in [4.69, 9.17) is 0 Å². The zero-order valence-corrected chi connectivity index (χ0v) is 19.2. The maximum absolute atomic E-state index is 12.8. The van der Waals surface area contributed by atoms with Gasteiger partial charge in [-0.15, -0.1) is 0 Å². The van der Waals surface area contributed by atoms with E-state index >= 15 is 0 Å². The van der Waals surface area contributed by atoms with E-state index in [0.717, 1.165) is 18.7 Å².